The maximum atomic E-state index is 6.06. The van der Waals surface area contributed by atoms with Crippen LogP contribution in [0, 0.1) is 0 Å². The molecule has 0 aromatic carbocycles. The zero-order valence-electron chi connectivity index (χ0n) is 10.6. The Labute approximate surface area is 115 Å². The van der Waals surface area contributed by atoms with Gasteiger partial charge in [0.15, 0.2) is 5.82 Å². The molecule has 5 heteroatoms. The number of aryl methyl sites for hydroxylation is 1. The summed E-state index contributed by atoms with van der Waals surface area (Å²) in [4.78, 5) is 6.70. The van der Waals surface area contributed by atoms with Gasteiger partial charge in [-0.2, -0.15) is 5.10 Å². The number of nitrogen functional groups attached to an aromatic ring is 1. The second kappa shape index (κ2) is 4.85. The van der Waals surface area contributed by atoms with Gasteiger partial charge in [0, 0.05) is 11.1 Å². The molecule has 0 aliphatic heterocycles. The molecule has 0 unspecified atom stereocenters. The first-order chi connectivity index (χ1) is 9.28. The summed E-state index contributed by atoms with van der Waals surface area (Å²) in [6, 6.07) is 9.91. The van der Waals surface area contributed by atoms with E-state index in [1.165, 1.54) is 4.88 Å². The Kier molecular flexibility index (Phi) is 3.05. The lowest BCUT2D eigenvalue weighted by molar-refractivity contribution is 0.851. The number of rotatable bonds is 3. The number of anilines is 1. The summed E-state index contributed by atoms with van der Waals surface area (Å²) in [5.41, 5.74) is 7.56. The Morgan fingerprint density at radius 3 is 2.84 bits per heavy atom. The highest BCUT2D eigenvalue weighted by Crippen LogP contribution is 2.31. The van der Waals surface area contributed by atoms with E-state index in [0.717, 1.165) is 22.8 Å². The van der Waals surface area contributed by atoms with Crippen LogP contribution in [-0.4, -0.2) is 14.8 Å². The minimum absolute atomic E-state index is 0.676. The number of hydrogen-bond donors (Lipinski definition) is 1. The van der Waals surface area contributed by atoms with Crippen LogP contribution in [0.4, 0.5) is 5.69 Å². The molecule has 0 saturated carbocycles. The van der Waals surface area contributed by atoms with Gasteiger partial charge in [0.25, 0.3) is 0 Å². The molecule has 4 nitrogen and oxygen atoms in total. The van der Waals surface area contributed by atoms with Crippen molar-refractivity contribution in [3.63, 3.8) is 0 Å². The molecular formula is C14H14N4S. The molecule has 0 aliphatic rings. The monoisotopic (exact) mass is 270 g/mol. The van der Waals surface area contributed by atoms with Crippen LogP contribution in [0.2, 0.25) is 0 Å². The Balaban J connectivity index is 2.02. The normalized spacial score (nSPS) is 10.8. The third kappa shape index (κ3) is 2.24. The SMILES string of the molecule is CCc1ccc(-c2nn(-c3ccccn3)cc2N)s1. The molecule has 0 bridgehead atoms. The van der Waals surface area contributed by atoms with Gasteiger partial charge < -0.3 is 5.73 Å². The molecule has 0 atom stereocenters. The highest BCUT2D eigenvalue weighted by molar-refractivity contribution is 7.15. The smallest absolute Gasteiger partial charge is 0.153 e. The second-order valence-electron chi connectivity index (χ2n) is 4.19. The predicted molar refractivity (Wildman–Crippen MR) is 78.5 cm³/mol. The Bertz CT molecular complexity index is 685. The first-order valence-corrected chi connectivity index (χ1v) is 6.95. The van der Waals surface area contributed by atoms with Crippen molar-refractivity contribution in [3.05, 3.63) is 47.6 Å². The van der Waals surface area contributed by atoms with Crippen LogP contribution < -0.4 is 5.73 Å². The van der Waals surface area contributed by atoms with E-state index in [1.54, 1.807) is 22.2 Å². The number of aromatic nitrogens is 3. The third-order valence-electron chi connectivity index (χ3n) is 2.87. The predicted octanol–water partition coefficient (Wildman–Crippen LogP) is 3.14. The molecule has 0 saturated heterocycles. The molecule has 0 fully saturated rings. The number of nitrogens with zero attached hydrogens (tertiary/aromatic N) is 3. The number of hydrogen-bond acceptors (Lipinski definition) is 4. The van der Waals surface area contributed by atoms with E-state index in [1.807, 2.05) is 24.4 Å². The van der Waals surface area contributed by atoms with Crippen LogP contribution in [0.25, 0.3) is 16.4 Å². The fourth-order valence-corrected chi connectivity index (χ4v) is 2.83. The summed E-state index contributed by atoms with van der Waals surface area (Å²) in [6.45, 7) is 2.14. The maximum Gasteiger partial charge on any atom is 0.153 e. The molecule has 0 aliphatic carbocycles. The lowest BCUT2D eigenvalue weighted by atomic mass is 10.3. The zero-order valence-corrected chi connectivity index (χ0v) is 11.4. The molecular weight excluding hydrogens is 256 g/mol. The van der Waals surface area contributed by atoms with E-state index in [9.17, 15) is 0 Å². The summed E-state index contributed by atoms with van der Waals surface area (Å²) in [6.07, 6.45) is 4.59. The summed E-state index contributed by atoms with van der Waals surface area (Å²) >= 11 is 1.73. The van der Waals surface area contributed by atoms with Crippen LogP contribution in [0.5, 0.6) is 0 Å². The van der Waals surface area contributed by atoms with Gasteiger partial charge in [-0.3, -0.25) is 0 Å². The lowest BCUT2D eigenvalue weighted by Gasteiger charge is -1.97. The van der Waals surface area contributed by atoms with Crippen LogP contribution >= 0.6 is 11.3 Å². The maximum absolute atomic E-state index is 6.06. The van der Waals surface area contributed by atoms with Crippen molar-refractivity contribution >= 4 is 17.0 Å². The van der Waals surface area contributed by atoms with Gasteiger partial charge in [0.2, 0.25) is 0 Å². The molecule has 0 spiro atoms. The lowest BCUT2D eigenvalue weighted by Crippen LogP contribution is -1.96. The van der Waals surface area contributed by atoms with Crippen molar-refractivity contribution in [2.24, 2.45) is 0 Å². The zero-order chi connectivity index (χ0) is 13.2. The van der Waals surface area contributed by atoms with Crippen molar-refractivity contribution < 1.29 is 0 Å². The van der Waals surface area contributed by atoms with Gasteiger partial charge in [0.05, 0.1) is 16.8 Å². The van der Waals surface area contributed by atoms with E-state index >= 15 is 0 Å². The third-order valence-corrected chi connectivity index (χ3v) is 4.11. The van der Waals surface area contributed by atoms with E-state index in [-0.39, 0.29) is 0 Å². The molecule has 3 aromatic heterocycles. The van der Waals surface area contributed by atoms with E-state index < -0.39 is 0 Å². The molecule has 2 N–H and O–H groups in total. The van der Waals surface area contributed by atoms with E-state index in [0.29, 0.717) is 5.69 Å². The Morgan fingerprint density at radius 2 is 2.16 bits per heavy atom. The molecule has 0 amide bonds. The highest BCUT2D eigenvalue weighted by atomic mass is 32.1. The van der Waals surface area contributed by atoms with Crippen LogP contribution in [0.15, 0.2) is 42.7 Å². The highest BCUT2D eigenvalue weighted by Gasteiger charge is 2.12. The molecule has 3 heterocycles. The fourth-order valence-electron chi connectivity index (χ4n) is 1.88. The van der Waals surface area contributed by atoms with Gasteiger partial charge in [-0.1, -0.05) is 13.0 Å². The standard InChI is InChI=1S/C14H14N4S/c1-2-10-6-7-12(19-10)14-11(15)9-18(17-14)13-5-3-4-8-16-13/h3-9H,2,15H2,1H3. The summed E-state index contributed by atoms with van der Waals surface area (Å²) in [7, 11) is 0. The van der Waals surface area contributed by atoms with Gasteiger partial charge >= 0.3 is 0 Å². The summed E-state index contributed by atoms with van der Waals surface area (Å²) < 4.78 is 1.72. The quantitative estimate of drug-likeness (QED) is 0.795. The molecule has 19 heavy (non-hydrogen) atoms. The Hall–Kier alpha value is -2.14. The molecule has 3 rings (SSSR count). The first-order valence-electron chi connectivity index (χ1n) is 6.13. The summed E-state index contributed by atoms with van der Waals surface area (Å²) in [5, 5.41) is 4.54. The minimum Gasteiger partial charge on any atom is -0.396 e. The topological polar surface area (TPSA) is 56.7 Å². The van der Waals surface area contributed by atoms with Crippen LogP contribution in [0.3, 0.4) is 0 Å². The Morgan fingerprint density at radius 1 is 1.26 bits per heavy atom. The van der Waals surface area contributed by atoms with Gasteiger partial charge in [-0.05, 0) is 30.7 Å². The van der Waals surface area contributed by atoms with Gasteiger partial charge in [0.1, 0.15) is 5.69 Å². The number of pyridine rings is 1. The van der Waals surface area contributed by atoms with Crippen molar-refractivity contribution in [1.29, 1.82) is 0 Å². The molecule has 3 aromatic rings. The van der Waals surface area contributed by atoms with Crippen LogP contribution in [0.1, 0.15) is 11.8 Å². The van der Waals surface area contributed by atoms with E-state index in [4.69, 9.17) is 5.73 Å². The number of thiophene rings is 1. The summed E-state index contributed by atoms with van der Waals surface area (Å²) in [5.74, 6) is 0.771. The van der Waals surface area contributed by atoms with Crippen molar-refractivity contribution in [3.8, 4) is 16.4 Å². The average Bonchev–Trinajstić information content (AvgIpc) is 3.06. The van der Waals surface area contributed by atoms with Crippen LogP contribution in [-0.2, 0) is 6.42 Å². The minimum atomic E-state index is 0.676. The molecule has 96 valence electrons. The largest absolute Gasteiger partial charge is 0.396 e. The van der Waals surface area contributed by atoms with E-state index in [2.05, 4.69) is 29.1 Å². The van der Waals surface area contributed by atoms with Crippen molar-refractivity contribution in [1.82, 2.24) is 14.8 Å². The average molecular weight is 270 g/mol. The number of nitrogens with two attached hydrogens (primary N) is 1. The van der Waals surface area contributed by atoms with Gasteiger partial charge in [-0.15, -0.1) is 11.3 Å². The fraction of sp³-hybridized carbons (Fsp3) is 0.143. The van der Waals surface area contributed by atoms with Crippen molar-refractivity contribution in [2.75, 3.05) is 5.73 Å². The second-order valence-corrected chi connectivity index (χ2v) is 5.35. The first kappa shape index (κ1) is 11.9. The van der Waals surface area contributed by atoms with Gasteiger partial charge in [-0.25, -0.2) is 9.67 Å². The molecule has 0 radical (unpaired) electrons. The van der Waals surface area contributed by atoms with Crippen molar-refractivity contribution in [2.45, 2.75) is 13.3 Å².